The topological polar surface area (TPSA) is 15.3 Å². The van der Waals surface area contributed by atoms with E-state index in [-0.39, 0.29) is 11.9 Å². The summed E-state index contributed by atoms with van der Waals surface area (Å²) in [5.74, 6) is 1.04. The molecular weight excluding hydrogens is 271 g/mol. The second kappa shape index (κ2) is 9.37. The molecule has 0 saturated carbocycles. The van der Waals surface area contributed by atoms with Crippen LogP contribution in [0.4, 0.5) is 4.39 Å². The maximum atomic E-state index is 13.7. The van der Waals surface area contributed by atoms with E-state index in [9.17, 15) is 4.39 Å². The molecule has 0 fully saturated rings. The molecule has 0 aliphatic rings. The van der Waals surface area contributed by atoms with Gasteiger partial charge in [0.1, 0.15) is 5.82 Å². The van der Waals surface area contributed by atoms with Gasteiger partial charge in [-0.3, -0.25) is 0 Å². The predicted molar refractivity (Wildman–Crippen MR) is 88.1 cm³/mol. The Hall–Kier alpha value is -0.580. The lowest BCUT2D eigenvalue weighted by molar-refractivity contribution is 0.324. The van der Waals surface area contributed by atoms with Crippen LogP contribution in [0.25, 0.3) is 0 Å². The summed E-state index contributed by atoms with van der Waals surface area (Å²) >= 11 is 1.87. The van der Waals surface area contributed by atoms with Crippen LogP contribution in [0.2, 0.25) is 0 Å². The molecule has 0 radical (unpaired) electrons. The fraction of sp³-hybridized carbons (Fsp3) is 0.625. The fourth-order valence-corrected chi connectivity index (χ4v) is 2.66. The third-order valence-corrected chi connectivity index (χ3v) is 4.12. The Labute approximate surface area is 127 Å². The number of benzene rings is 1. The average molecular weight is 298 g/mol. The van der Waals surface area contributed by atoms with Crippen LogP contribution in [-0.4, -0.2) is 43.6 Å². The summed E-state index contributed by atoms with van der Waals surface area (Å²) in [6.45, 7) is 6.91. The Morgan fingerprint density at radius 1 is 1.35 bits per heavy atom. The molecule has 0 aromatic heterocycles. The van der Waals surface area contributed by atoms with E-state index in [1.807, 2.05) is 23.9 Å². The first kappa shape index (κ1) is 17.5. The van der Waals surface area contributed by atoms with Crippen LogP contribution in [0.3, 0.4) is 0 Å². The summed E-state index contributed by atoms with van der Waals surface area (Å²) in [6, 6.07) is 5.80. The largest absolute Gasteiger partial charge is 0.310 e. The molecule has 1 aromatic carbocycles. The standard InChI is InChI=1S/C16H27FN2S/c1-5-18-16(8-9-19(3)10-11-20-4)14-7-6-13(2)15(17)12-14/h6-7,12,16,18H,5,8-11H2,1-4H3. The molecule has 0 saturated heterocycles. The van der Waals surface area contributed by atoms with E-state index in [4.69, 9.17) is 0 Å². The molecular formula is C16H27FN2S. The van der Waals surface area contributed by atoms with Crippen LogP contribution in [0.15, 0.2) is 18.2 Å². The lowest BCUT2D eigenvalue weighted by Gasteiger charge is -2.23. The first-order valence-electron chi connectivity index (χ1n) is 7.25. The molecule has 1 atom stereocenters. The number of hydrogen-bond acceptors (Lipinski definition) is 3. The minimum absolute atomic E-state index is 0.110. The summed E-state index contributed by atoms with van der Waals surface area (Å²) in [5.41, 5.74) is 1.76. The van der Waals surface area contributed by atoms with Crippen LogP contribution in [0, 0.1) is 12.7 Å². The number of nitrogens with zero attached hydrogens (tertiary/aromatic N) is 1. The van der Waals surface area contributed by atoms with Gasteiger partial charge in [0, 0.05) is 18.3 Å². The average Bonchev–Trinajstić information content (AvgIpc) is 2.44. The van der Waals surface area contributed by atoms with Gasteiger partial charge in [0.2, 0.25) is 0 Å². The number of halogens is 1. The summed E-state index contributed by atoms with van der Waals surface area (Å²) in [7, 11) is 2.15. The molecule has 4 heteroatoms. The quantitative estimate of drug-likeness (QED) is 0.751. The van der Waals surface area contributed by atoms with E-state index in [0.29, 0.717) is 5.56 Å². The molecule has 20 heavy (non-hydrogen) atoms. The van der Waals surface area contributed by atoms with Gasteiger partial charge in [-0.05, 0) is 56.9 Å². The Morgan fingerprint density at radius 3 is 2.70 bits per heavy atom. The molecule has 114 valence electrons. The van der Waals surface area contributed by atoms with Crippen molar-refractivity contribution in [2.24, 2.45) is 0 Å². The Balaban J connectivity index is 2.61. The molecule has 1 unspecified atom stereocenters. The molecule has 0 aliphatic carbocycles. The van der Waals surface area contributed by atoms with Crippen molar-refractivity contribution in [3.63, 3.8) is 0 Å². The number of thioether (sulfide) groups is 1. The summed E-state index contributed by atoms with van der Waals surface area (Å²) in [5, 5.41) is 3.46. The van der Waals surface area contributed by atoms with Crippen LogP contribution in [0.5, 0.6) is 0 Å². The zero-order chi connectivity index (χ0) is 15.0. The van der Waals surface area contributed by atoms with Crippen LogP contribution < -0.4 is 5.32 Å². The maximum absolute atomic E-state index is 13.7. The van der Waals surface area contributed by atoms with Gasteiger partial charge in [-0.2, -0.15) is 11.8 Å². The molecule has 1 N–H and O–H groups in total. The van der Waals surface area contributed by atoms with Crippen molar-refractivity contribution in [1.29, 1.82) is 0 Å². The predicted octanol–water partition coefficient (Wildman–Crippen LogP) is 3.47. The Morgan fingerprint density at radius 2 is 2.10 bits per heavy atom. The molecule has 2 nitrogen and oxygen atoms in total. The van der Waals surface area contributed by atoms with Crippen molar-refractivity contribution in [1.82, 2.24) is 10.2 Å². The van der Waals surface area contributed by atoms with Crippen molar-refractivity contribution in [3.8, 4) is 0 Å². The lowest BCUT2D eigenvalue weighted by atomic mass is 10.0. The zero-order valence-electron chi connectivity index (χ0n) is 13.1. The van der Waals surface area contributed by atoms with Gasteiger partial charge in [0.05, 0.1) is 0 Å². The molecule has 1 rings (SSSR count). The zero-order valence-corrected chi connectivity index (χ0v) is 13.9. The lowest BCUT2D eigenvalue weighted by Crippen LogP contribution is -2.28. The highest BCUT2D eigenvalue weighted by Crippen LogP contribution is 2.20. The van der Waals surface area contributed by atoms with Gasteiger partial charge >= 0.3 is 0 Å². The smallest absolute Gasteiger partial charge is 0.126 e. The van der Waals surface area contributed by atoms with Crippen LogP contribution in [-0.2, 0) is 0 Å². The summed E-state index contributed by atoms with van der Waals surface area (Å²) in [6.07, 6.45) is 3.13. The molecule has 0 bridgehead atoms. The number of aryl methyl sites for hydroxylation is 1. The van der Waals surface area contributed by atoms with Gasteiger partial charge in [-0.25, -0.2) is 4.39 Å². The molecule has 0 heterocycles. The fourth-order valence-electron chi connectivity index (χ4n) is 2.17. The monoisotopic (exact) mass is 298 g/mol. The minimum Gasteiger partial charge on any atom is -0.310 e. The third kappa shape index (κ3) is 5.81. The van der Waals surface area contributed by atoms with E-state index in [1.54, 1.807) is 13.0 Å². The van der Waals surface area contributed by atoms with Crippen molar-refractivity contribution in [3.05, 3.63) is 35.1 Å². The van der Waals surface area contributed by atoms with Gasteiger partial charge in [0.25, 0.3) is 0 Å². The van der Waals surface area contributed by atoms with Crippen molar-refractivity contribution < 1.29 is 4.39 Å². The van der Waals surface area contributed by atoms with E-state index >= 15 is 0 Å². The van der Waals surface area contributed by atoms with E-state index in [2.05, 4.69) is 30.4 Å². The normalized spacial score (nSPS) is 12.9. The van der Waals surface area contributed by atoms with Gasteiger partial charge in [-0.15, -0.1) is 0 Å². The van der Waals surface area contributed by atoms with Crippen molar-refractivity contribution >= 4 is 11.8 Å². The second-order valence-electron chi connectivity index (χ2n) is 5.20. The highest BCUT2D eigenvalue weighted by molar-refractivity contribution is 7.98. The number of nitrogens with one attached hydrogen (secondary N) is 1. The van der Waals surface area contributed by atoms with Gasteiger partial charge < -0.3 is 10.2 Å². The summed E-state index contributed by atoms with van der Waals surface area (Å²) < 4.78 is 13.7. The van der Waals surface area contributed by atoms with Gasteiger partial charge in [-0.1, -0.05) is 19.1 Å². The second-order valence-corrected chi connectivity index (χ2v) is 6.19. The van der Waals surface area contributed by atoms with Crippen LogP contribution in [0.1, 0.15) is 30.5 Å². The van der Waals surface area contributed by atoms with Crippen LogP contribution >= 0.6 is 11.8 Å². The maximum Gasteiger partial charge on any atom is 0.126 e. The highest BCUT2D eigenvalue weighted by atomic mass is 32.2. The molecule has 0 amide bonds. The molecule has 0 spiro atoms. The van der Waals surface area contributed by atoms with Gasteiger partial charge in [0.15, 0.2) is 0 Å². The van der Waals surface area contributed by atoms with Crippen molar-refractivity contribution in [2.75, 3.05) is 38.7 Å². The van der Waals surface area contributed by atoms with E-state index in [1.165, 1.54) is 0 Å². The third-order valence-electron chi connectivity index (χ3n) is 3.53. The highest BCUT2D eigenvalue weighted by Gasteiger charge is 2.12. The Kier molecular flexibility index (Phi) is 8.19. The molecule has 1 aromatic rings. The summed E-state index contributed by atoms with van der Waals surface area (Å²) in [4.78, 5) is 2.34. The SMILES string of the molecule is CCNC(CCN(C)CCSC)c1ccc(C)c(F)c1. The first-order chi connectivity index (χ1) is 9.58. The Bertz CT molecular complexity index is 398. The van der Waals surface area contributed by atoms with Crippen molar-refractivity contribution in [2.45, 2.75) is 26.3 Å². The van der Waals surface area contributed by atoms with E-state index in [0.717, 1.165) is 37.4 Å². The molecule has 0 aliphatic heterocycles. The minimum atomic E-state index is -0.110. The van der Waals surface area contributed by atoms with E-state index < -0.39 is 0 Å². The number of rotatable bonds is 9. The first-order valence-corrected chi connectivity index (χ1v) is 8.64. The number of hydrogen-bond donors (Lipinski definition) is 1.